The van der Waals surface area contributed by atoms with E-state index in [1.54, 1.807) is 20.0 Å². The summed E-state index contributed by atoms with van der Waals surface area (Å²) in [6, 6.07) is 3.15. The highest BCUT2D eigenvalue weighted by Crippen LogP contribution is 2.37. The molecule has 1 aromatic carbocycles. The lowest BCUT2D eigenvalue weighted by atomic mass is 9.96. The van der Waals surface area contributed by atoms with Crippen LogP contribution in [0.3, 0.4) is 0 Å². The van der Waals surface area contributed by atoms with E-state index in [0.717, 1.165) is 30.5 Å². The Morgan fingerprint density at radius 3 is 2.70 bits per heavy atom. The Hall–Kier alpha value is -3.11. The number of carbonyl (C=O) groups is 1. The quantitative estimate of drug-likeness (QED) is 0.558. The van der Waals surface area contributed by atoms with Crippen molar-refractivity contribution in [2.75, 3.05) is 13.1 Å². The molecule has 1 saturated heterocycles. The van der Waals surface area contributed by atoms with E-state index in [2.05, 4.69) is 10.1 Å². The highest BCUT2D eigenvalue weighted by Gasteiger charge is 2.48. The van der Waals surface area contributed by atoms with Gasteiger partial charge < -0.3 is 9.64 Å². The van der Waals surface area contributed by atoms with E-state index >= 15 is 0 Å². The summed E-state index contributed by atoms with van der Waals surface area (Å²) in [4.78, 5) is 24.9. The van der Waals surface area contributed by atoms with Crippen LogP contribution in [0.25, 0.3) is 0 Å². The first-order valence-electron chi connectivity index (χ1n) is 12.4. The summed E-state index contributed by atoms with van der Waals surface area (Å²) in [5.74, 6) is -1.24. The summed E-state index contributed by atoms with van der Waals surface area (Å²) < 4.78 is 36.9. The van der Waals surface area contributed by atoms with E-state index in [4.69, 9.17) is 21.3 Å². The second-order valence-corrected chi connectivity index (χ2v) is 11.1. The van der Waals surface area contributed by atoms with Gasteiger partial charge in [-0.3, -0.25) is 19.4 Å². The second-order valence-electron chi connectivity index (χ2n) is 10.3. The van der Waals surface area contributed by atoms with Crippen molar-refractivity contribution in [3.8, 4) is 0 Å². The van der Waals surface area contributed by atoms with Crippen molar-refractivity contribution in [1.82, 2.24) is 19.6 Å². The predicted molar refractivity (Wildman–Crippen MR) is 134 cm³/mol. The lowest BCUT2D eigenvalue weighted by Crippen LogP contribution is -2.57. The standard InChI is InChI=1S/C26H27ClF2N6O2/c1-14-10-33(12-21(37-14)16-9-30-35(11-16)18-5-6-18)22-13-34-24(31-15(2)26(3,27)25(34)36)23(32-22)19-7-4-17(28)8-20(19)29/h4,7-9,11,13-15,18,21H,5-6,10,12H2,1-3H3/t14-,15?,21-,26?/m1/s1. The average Bonchev–Trinajstić information content (AvgIpc) is 3.58. The molecule has 1 aliphatic carbocycles. The lowest BCUT2D eigenvalue weighted by molar-refractivity contribution is -0.129. The minimum atomic E-state index is -1.28. The van der Waals surface area contributed by atoms with E-state index in [9.17, 15) is 13.6 Å². The molecular weight excluding hydrogens is 502 g/mol. The van der Waals surface area contributed by atoms with Gasteiger partial charge >= 0.3 is 0 Å². The molecule has 11 heteroatoms. The Balaban J connectivity index is 1.40. The number of carbonyl (C=O) groups excluding carboxylic acids is 1. The van der Waals surface area contributed by atoms with Gasteiger partial charge in [0.25, 0.3) is 5.91 Å². The number of amidine groups is 1. The molecular formula is C26H27ClF2N6O2. The molecule has 3 aliphatic heterocycles. The number of amides is 1. The Labute approximate surface area is 218 Å². The van der Waals surface area contributed by atoms with Crippen LogP contribution in [0.5, 0.6) is 0 Å². The molecule has 1 saturated carbocycles. The monoisotopic (exact) mass is 528 g/mol. The van der Waals surface area contributed by atoms with Gasteiger partial charge in [-0.2, -0.15) is 5.10 Å². The fourth-order valence-corrected chi connectivity index (χ4v) is 5.02. The van der Waals surface area contributed by atoms with Crippen LogP contribution in [-0.2, 0) is 9.53 Å². The molecule has 194 valence electrons. The van der Waals surface area contributed by atoms with Gasteiger partial charge in [0, 0.05) is 29.9 Å². The molecule has 4 heterocycles. The van der Waals surface area contributed by atoms with E-state index in [1.807, 2.05) is 28.9 Å². The van der Waals surface area contributed by atoms with Crippen molar-refractivity contribution >= 4 is 29.1 Å². The van der Waals surface area contributed by atoms with Crippen LogP contribution in [0.15, 0.2) is 52.6 Å². The smallest absolute Gasteiger partial charge is 0.255 e. The first-order chi connectivity index (χ1) is 17.6. The maximum atomic E-state index is 15.0. The van der Waals surface area contributed by atoms with Gasteiger partial charge in [-0.1, -0.05) is 0 Å². The number of halogens is 3. The second kappa shape index (κ2) is 8.73. The van der Waals surface area contributed by atoms with Gasteiger partial charge in [-0.15, -0.1) is 11.6 Å². The SMILES string of the molecule is CC1N=C2C(c3ccc(F)cc3F)=NC(N3C[C@@H](C)O[C@@H](c4cnn(C5CC5)c4)C3)=CN2C(=O)C1(C)Cl. The average molecular weight is 529 g/mol. The molecule has 0 radical (unpaired) electrons. The number of hydrogen-bond donors (Lipinski definition) is 0. The third-order valence-electron chi connectivity index (χ3n) is 7.33. The van der Waals surface area contributed by atoms with Crippen molar-refractivity contribution in [2.24, 2.45) is 9.98 Å². The van der Waals surface area contributed by atoms with Crippen LogP contribution in [0, 0.1) is 11.6 Å². The molecule has 0 N–H and O–H groups in total. The van der Waals surface area contributed by atoms with Crippen LogP contribution in [0.2, 0.25) is 0 Å². The van der Waals surface area contributed by atoms with Crippen molar-refractivity contribution in [2.45, 2.75) is 62.8 Å². The van der Waals surface area contributed by atoms with Crippen LogP contribution in [0.1, 0.15) is 56.9 Å². The third-order valence-corrected chi connectivity index (χ3v) is 7.81. The lowest BCUT2D eigenvalue weighted by Gasteiger charge is -2.42. The number of hydrogen-bond acceptors (Lipinski definition) is 6. The van der Waals surface area contributed by atoms with Crippen molar-refractivity contribution in [3.63, 3.8) is 0 Å². The molecule has 2 aromatic rings. The third kappa shape index (κ3) is 4.25. The Bertz CT molecular complexity index is 1360. The van der Waals surface area contributed by atoms with E-state index in [1.165, 1.54) is 11.0 Å². The van der Waals surface area contributed by atoms with Gasteiger partial charge in [-0.05, 0) is 45.7 Å². The van der Waals surface area contributed by atoms with Crippen LogP contribution >= 0.6 is 11.6 Å². The van der Waals surface area contributed by atoms with Crippen LogP contribution in [-0.4, -0.2) is 67.1 Å². The number of rotatable bonds is 4. The fourth-order valence-electron chi connectivity index (χ4n) is 4.88. The summed E-state index contributed by atoms with van der Waals surface area (Å²) in [5, 5.41) is 4.49. The van der Waals surface area contributed by atoms with Gasteiger partial charge in [0.15, 0.2) is 5.84 Å². The minimum Gasteiger partial charge on any atom is -0.367 e. The zero-order valence-corrected chi connectivity index (χ0v) is 21.5. The van der Waals surface area contributed by atoms with Gasteiger partial charge in [0.05, 0.1) is 37.1 Å². The largest absolute Gasteiger partial charge is 0.367 e. The Morgan fingerprint density at radius 1 is 1.19 bits per heavy atom. The predicted octanol–water partition coefficient (Wildman–Crippen LogP) is 4.19. The van der Waals surface area contributed by atoms with Crippen LogP contribution in [0.4, 0.5) is 8.78 Å². The number of aromatic nitrogens is 2. The highest BCUT2D eigenvalue weighted by molar-refractivity contribution is 6.52. The van der Waals surface area contributed by atoms with Gasteiger partial charge in [0.2, 0.25) is 0 Å². The molecule has 4 aliphatic rings. The molecule has 0 spiro atoms. The topological polar surface area (TPSA) is 75.3 Å². The normalized spacial score (nSPS) is 30.1. The molecule has 8 nitrogen and oxygen atoms in total. The summed E-state index contributed by atoms with van der Waals surface area (Å²) in [6.07, 6.45) is 7.31. The number of ether oxygens (including phenoxy) is 1. The number of fused-ring (bicyclic) bond motifs is 1. The maximum absolute atomic E-state index is 15.0. The van der Waals surface area contributed by atoms with Crippen LogP contribution < -0.4 is 0 Å². The van der Waals surface area contributed by atoms with E-state index in [-0.39, 0.29) is 35.2 Å². The summed E-state index contributed by atoms with van der Waals surface area (Å²) in [6.45, 7) is 6.27. The minimum absolute atomic E-state index is 0.0532. The highest BCUT2D eigenvalue weighted by atomic mass is 35.5. The maximum Gasteiger partial charge on any atom is 0.255 e. The van der Waals surface area contributed by atoms with Gasteiger partial charge in [0.1, 0.15) is 34.1 Å². The number of alkyl halides is 1. The number of benzene rings is 1. The van der Waals surface area contributed by atoms with Crippen molar-refractivity contribution in [3.05, 3.63) is 65.4 Å². The van der Waals surface area contributed by atoms with E-state index < -0.39 is 22.6 Å². The van der Waals surface area contributed by atoms with Gasteiger partial charge in [-0.25, -0.2) is 13.8 Å². The molecule has 1 aromatic heterocycles. The molecule has 6 rings (SSSR count). The summed E-state index contributed by atoms with van der Waals surface area (Å²) in [7, 11) is 0. The molecule has 1 amide bonds. The Kier molecular flexibility index (Phi) is 5.72. The molecule has 2 fully saturated rings. The fraction of sp³-hybridized carbons (Fsp3) is 0.462. The number of nitrogens with zero attached hydrogens (tertiary/aromatic N) is 6. The number of morpholine rings is 1. The number of aliphatic imine (C=N–C) groups is 2. The van der Waals surface area contributed by atoms with Crippen molar-refractivity contribution < 1.29 is 18.3 Å². The Morgan fingerprint density at radius 2 is 1.97 bits per heavy atom. The first kappa shape index (κ1) is 24.2. The zero-order chi connectivity index (χ0) is 26.1. The molecule has 4 atom stereocenters. The molecule has 0 bridgehead atoms. The zero-order valence-electron chi connectivity index (χ0n) is 20.7. The summed E-state index contributed by atoms with van der Waals surface area (Å²) >= 11 is 6.60. The van der Waals surface area contributed by atoms with E-state index in [0.29, 0.717) is 25.0 Å². The van der Waals surface area contributed by atoms with Crippen molar-refractivity contribution in [1.29, 1.82) is 0 Å². The molecule has 37 heavy (non-hydrogen) atoms. The molecule has 2 unspecified atom stereocenters. The summed E-state index contributed by atoms with van der Waals surface area (Å²) in [5.41, 5.74) is 1.17. The first-order valence-corrected chi connectivity index (χ1v) is 12.8.